The van der Waals surface area contributed by atoms with E-state index in [1.807, 2.05) is 0 Å². The van der Waals surface area contributed by atoms with E-state index in [1.165, 1.54) is 0 Å². The Labute approximate surface area is 79.2 Å². The monoisotopic (exact) mass is 198 g/mol. The van der Waals surface area contributed by atoms with Gasteiger partial charge in [-0.2, -0.15) is 0 Å². The van der Waals surface area contributed by atoms with Crippen molar-refractivity contribution < 1.29 is 13.5 Å². The van der Waals surface area contributed by atoms with E-state index in [-0.39, 0.29) is 18.1 Å². The van der Waals surface area contributed by atoms with Crippen LogP contribution < -0.4 is 5.73 Å². The molecule has 1 aromatic carbocycles. The lowest BCUT2D eigenvalue weighted by molar-refractivity contribution is 0.220. The molecular formula is C9H8F2N2O. The van der Waals surface area contributed by atoms with E-state index in [2.05, 4.69) is 4.99 Å². The molecule has 0 radical (unpaired) electrons. The topological polar surface area (TPSA) is 47.6 Å². The Kier molecular flexibility index (Phi) is 2.07. The number of rotatable bonds is 1. The molecule has 5 heteroatoms. The fourth-order valence-electron chi connectivity index (χ4n) is 1.32. The number of benzene rings is 1. The summed E-state index contributed by atoms with van der Waals surface area (Å²) < 4.78 is 31.0. The summed E-state index contributed by atoms with van der Waals surface area (Å²) in [6, 6.07) is 3.22. The Hall–Kier alpha value is -1.65. The van der Waals surface area contributed by atoms with Crippen molar-refractivity contribution in [1.29, 1.82) is 0 Å². The number of hydrogen-bond acceptors (Lipinski definition) is 3. The molecule has 1 unspecified atom stereocenters. The molecule has 74 valence electrons. The molecule has 1 atom stereocenters. The maximum atomic E-state index is 13.2. The zero-order chi connectivity index (χ0) is 10.1. The van der Waals surface area contributed by atoms with Crippen LogP contribution in [0.4, 0.5) is 8.78 Å². The minimum absolute atomic E-state index is 0.0126. The van der Waals surface area contributed by atoms with Gasteiger partial charge < -0.3 is 10.5 Å². The van der Waals surface area contributed by atoms with E-state index in [0.29, 0.717) is 0 Å². The number of ether oxygens (including phenoxy) is 1. The molecule has 0 aliphatic carbocycles. The van der Waals surface area contributed by atoms with Crippen LogP contribution in [0.25, 0.3) is 0 Å². The van der Waals surface area contributed by atoms with Crippen molar-refractivity contribution in [2.24, 2.45) is 10.7 Å². The number of amidine groups is 1. The zero-order valence-corrected chi connectivity index (χ0v) is 7.21. The van der Waals surface area contributed by atoms with Gasteiger partial charge >= 0.3 is 0 Å². The summed E-state index contributed by atoms with van der Waals surface area (Å²) in [6.07, 6.45) is -0.606. The van der Waals surface area contributed by atoms with Gasteiger partial charge in [0.2, 0.25) is 0 Å². The van der Waals surface area contributed by atoms with Gasteiger partial charge in [0.05, 0.1) is 6.54 Å². The van der Waals surface area contributed by atoms with Gasteiger partial charge in [0.25, 0.3) is 6.02 Å². The third kappa shape index (κ3) is 1.53. The second kappa shape index (κ2) is 3.25. The van der Waals surface area contributed by atoms with Crippen molar-refractivity contribution in [1.82, 2.24) is 0 Å². The Balaban J connectivity index is 2.28. The SMILES string of the molecule is NC1=NCC(c2cc(F)ccc2F)O1. The maximum absolute atomic E-state index is 13.2. The second-order valence-electron chi connectivity index (χ2n) is 2.95. The molecule has 2 N–H and O–H groups in total. The van der Waals surface area contributed by atoms with Crippen LogP contribution in [0.1, 0.15) is 11.7 Å². The highest BCUT2D eigenvalue weighted by molar-refractivity contribution is 5.73. The van der Waals surface area contributed by atoms with Crippen LogP contribution in [0, 0.1) is 11.6 Å². The Morgan fingerprint density at radius 1 is 1.43 bits per heavy atom. The number of aliphatic imine (C=N–C) groups is 1. The van der Waals surface area contributed by atoms with Crippen molar-refractivity contribution >= 4 is 6.02 Å². The number of halogens is 2. The predicted octanol–water partition coefficient (Wildman–Crippen LogP) is 1.35. The summed E-state index contributed by atoms with van der Waals surface area (Å²) in [5, 5.41) is 0. The highest BCUT2D eigenvalue weighted by Crippen LogP contribution is 2.24. The zero-order valence-electron chi connectivity index (χ0n) is 7.21. The third-order valence-electron chi connectivity index (χ3n) is 1.98. The Morgan fingerprint density at radius 3 is 2.86 bits per heavy atom. The molecule has 1 aliphatic heterocycles. The first-order valence-electron chi connectivity index (χ1n) is 4.08. The van der Waals surface area contributed by atoms with Crippen LogP contribution in [0.3, 0.4) is 0 Å². The van der Waals surface area contributed by atoms with Crippen molar-refractivity contribution in [3.05, 3.63) is 35.4 Å². The molecule has 0 saturated heterocycles. The fourth-order valence-corrected chi connectivity index (χ4v) is 1.32. The quantitative estimate of drug-likeness (QED) is 0.740. The predicted molar refractivity (Wildman–Crippen MR) is 46.7 cm³/mol. The average molecular weight is 198 g/mol. The fraction of sp³-hybridized carbons (Fsp3) is 0.222. The lowest BCUT2D eigenvalue weighted by Crippen LogP contribution is -2.14. The molecule has 1 aliphatic rings. The largest absolute Gasteiger partial charge is 0.455 e. The second-order valence-corrected chi connectivity index (χ2v) is 2.95. The molecule has 0 amide bonds. The summed E-state index contributed by atoms with van der Waals surface area (Å²) in [5.74, 6) is -1.02. The first kappa shape index (κ1) is 8.93. The molecule has 2 rings (SSSR count). The van der Waals surface area contributed by atoms with Gasteiger partial charge in [0.15, 0.2) is 0 Å². The number of nitrogens with zero attached hydrogens (tertiary/aromatic N) is 1. The maximum Gasteiger partial charge on any atom is 0.282 e. The van der Waals surface area contributed by atoms with Crippen LogP contribution in [0.5, 0.6) is 0 Å². The Bertz CT molecular complexity index is 392. The lowest BCUT2D eigenvalue weighted by Gasteiger charge is -2.10. The first-order valence-corrected chi connectivity index (χ1v) is 4.08. The van der Waals surface area contributed by atoms with Gasteiger partial charge in [0.1, 0.15) is 17.7 Å². The van der Waals surface area contributed by atoms with Crippen molar-refractivity contribution in [2.75, 3.05) is 6.54 Å². The van der Waals surface area contributed by atoms with Crippen molar-refractivity contribution in [3.8, 4) is 0 Å². The van der Waals surface area contributed by atoms with Crippen LogP contribution in [-0.2, 0) is 4.74 Å². The molecule has 0 spiro atoms. The van der Waals surface area contributed by atoms with E-state index >= 15 is 0 Å². The van der Waals surface area contributed by atoms with Gasteiger partial charge in [-0.15, -0.1) is 0 Å². The molecule has 1 aromatic rings. The average Bonchev–Trinajstić information content (AvgIpc) is 2.56. The summed E-state index contributed by atoms with van der Waals surface area (Å²) >= 11 is 0. The molecule has 0 bridgehead atoms. The van der Waals surface area contributed by atoms with Crippen LogP contribution in [-0.4, -0.2) is 12.6 Å². The van der Waals surface area contributed by atoms with E-state index in [0.717, 1.165) is 18.2 Å². The highest BCUT2D eigenvalue weighted by Gasteiger charge is 2.23. The van der Waals surface area contributed by atoms with Gasteiger partial charge in [-0.1, -0.05) is 0 Å². The van der Waals surface area contributed by atoms with E-state index in [4.69, 9.17) is 10.5 Å². The molecule has 3 nitrogen and oxygen atoms in total. The third-order valence-corrected chi connectivity index (χ3v) is 1.98. The van der Waals surface area contributed by atoms with Crippen LogP contribution in [0.15, 0.2) is 23.2 Å². The summed E-state index contributed by atoms with van der Waals surface area (Å²) in [7, 11) is 0. The highest BCUT2D eigenvalue weighted by atomic mass is 19.1. The molecule has 0 fully saturated rings. The van der Waals surface area contributed by atoms with Crippen molar-refractivity contribution in [3.63, 3.8) is 0 Å². The van der Waals surface area contributed by atoms with Gasteiger partial charge in [-0.25, -0.2) is 13.8 Å². The van der Waals surface area contributed by atoms with Gasteiger partial charge in [-0.3, -0.25) is 0 Å². The van der Waals surface area contributed by atoms with Crippen LogP contribution in [0.2, 0.25) is 0 Å². The molecule has 0 saturated carbocycles. The number of nitrogens with two attached hydrogens (primary N) is 1. The molecule has 14 heavy (non-hydrogen) atoms. The van der Waals surface area contributed by atoms with Crippen LogP contribution >= 0.6 is 0 Å². The summed E-state index contributed by atoms with van der Waals surface area (Å²) in [4.78, 5) is 3.75. The minimum atomic E-state index is -0.606. The number of hydrogen-bond donors (Lipinski definition) is 1. The van der Waals surface area contributed by atoms with Crippen molar-refractivity contribution in [2.45, 2.75) is 6.10 Å². The van der Waals surface area contributed by atoms with Gasteiger partial charge in [-0.05, 0) is 18.2 Å². The summed E-state index contributed by atoms with van der Waals surface area (Å²) in [6.45, 7) is 0.228. The summed E-state index contributed by atoms with van der Waals surface area (Å²) in [5.41, 5.74) is 5.41. The van der Waals surface area contributed by atoms with E-state index in [1.54, 1.807) is 0 Å². The molecule has 0 aromatic heterocycles. The van der Waals surface area contributed by atoms with Gasteiger partial charge in [0, 0.05) is 5.56 Å². The standard InChI is InChI=1S/C9H8F2N2O/c10-5-1-2-7(11)6(3-5)8-4-13-9(12)14-8/h1-3,8H,4H2,(H2,12,13). The van der Waals surface area contributed by atoms with E-state index < -0.39 is 17.7 Å². The molecular weight excluding hydrogens is 190 g/mol. The first-order chi connectivity index (χ1) is 6.66. The molecule has 1 heterocycles. The lowest BCUT2D eigenvalue weighted by atomic mass is 10.1. The van der Waals surface area contributed by atoms with E-state index in [9.17, 15) is 8.78 Å². The Morgan fingerprint density at radius 2 is 2.21 bits per heavy atom. The minimum Gasteiger partial charge on any atom is -0.455 e. The normalized spacial score (nSPS) is 20.4. The smallest absolute Gasteiger partial charge is 0.282 e.